The Morgan fingerprint density at radius 3 is 2.65 bits per heavy atom. The number of carbonyl (C=O) groups excluding carboxylic acids is 1. The quantitative estimate of drug-likeness (QED) is 0.806. The highest BCUT2D eigenvalue weighted by atomic mass is 32.2. The standard InChI is InChI=1S/C10H9NO5S/c12-9(13)5-11-10(14)8-4-2-1-3-7(8)6-17(11,15)16/h1-4H,5-6H2,(H,12,13). The molecule has 2 rings (SSSR count). The number of aliphatic carboxylic acids is 1. The van der Waals surface area contributed by atoms with Crippen LogP contribution in [0.2, 0.25) is 0 Å². The normalized spacial score (nSPS) is 17.6. The van der Waals surface area contributed by atoms with E-state index >= 15 is 0 Å². The molecule has 0 aliphatic carbocycles. The van der Waals surface area contributed by atoms with Gasteiger partial charge in [0.05, 0.1) is 5.75 Å². The van der Waals surface area contributed by atoms with Gasteiger partial charge in [0.1, 0.15) is 6.54 Å². The minimum absolute atomic E-state index is 0.239. The number of sulfonamides is 1. The molecule has 1 aliphatic heterocycles. The molecule has 0 bridgehead atoms. The predicted octanol–water partition coefficient (Wildman–Crippen LogP) is 0.0568. The van der Waals surface area contributed by atoms with E-state index in [9.17, 15) is 18.0 Å². The monoisotopic (exact) mass is 255 g/mol. The molecule has 0 spiro atoms. The molecule has 1 aromatic rings. The lowest BCUT2D eigenvalue weighted by Crippen LogP contribution is -2.44. The van der Waals surface area contributed by atoms with E-state index in [1.165, 1.54) is 6.07 Å². The van der Waals surface area contributed by atoms with Crippen LogP contribution in [0.4, 0.5) is 0 Å². The van der Waals surface area contributed by atoms with Gasteiger partial charge in [-0.2, -0.15) is 0 Å². The summed E-state index contributed by atoms with van der Waals surface area (Å²) < 4.78 is 23.9. The van der Waals surface area contributed by atoms with Crippen LogP contribution in [-0.2, 0) is 20.6 Å². The summed E-state index contributed by atoms with van der Waals surface area (Å²) in [7, 11) is -3.88. The summed E-state index contributed by atoms with van der Waals surface area (Å²) in [5.74, 6) is -2.49. The largest absolute Gasteiger partial charge is 0.480 e. The Bertz CT molecular complexity index is 592. The maximum Gasteiger partial charge on any atom is 0.324 e. The van der Waals surface area contributed by atoms with Crippen molar-refractivity contribution in [1.82, 2.24) is 4.31 Å². The van der Waals surface area contributed by atoms with Crippen LogP contribution in [-0.4, -0.2) is 36.3 Å². The summed E-state index contributed by atoms with van der Waals surface area (Å²) in [6.07, 6.45) is 0. The third kappa shape index (κ3) is 2.01. The Labute approximate surface area is 97.5 Å². The number of carboxylic acids is 1. The van der Waals surface area contributed by atoms with Gasteiger partial charge in [-0.1, -0.05) is 18.2 Å². The second-order valence-electron chi connectivity index (χ2n) is 3.62. The maximum atomic E-state index is 11.9. The lowest BCUT2D eigenvalue weighted by atomic mass is 10.1. The van der Waals surface area contributed by atoms with Crippen LogP contribution in [0.15, 0.2) is 24.3 Å². The first-order chi connectivity index (χ1) is 7.92. The van der Waals surface area contributed by atoms with Crippen molar-refractivity contribution in [3.8, 4) is 0 Å². The first-order valence-electron chi connectivity index (χ1n) is 4.76. The van der Waals surface area contributed by atoms with E-state index in [0.717, 1.165) is 0 Å². The second-order valence-corrected chi connectivity index (χ2v) is 5.51. The summed E-state index contributed by atoms with van der Waals surface area (Å²) in [6, 6.07) is 6.27. The van der Waals surface area contributed by atoms with Gasteiger partial charge in [-0.3, -0.25) is 9.59 Å². The number of amides is 1. The Kier molecular flexibility index (Phi) is 2.62. The fourth-order valence-electron chi connectivity index (χ4n) is 1.68. The van der Waals surface area contributed by atoms with E-state index in [1.54, 1.807) is 18.2 Å². The second kappa shape index (κ2) is 3.85. The molecule has 0 fully saturated rings. The van der Waals surface area contributed by atoms with Gasteiger partial charge in [0.25, 0.3) is 5.91 Å². The average molecular weight is 255 g/mol. The van der Waals surface area contributed by atoms with Crippen LogP contribution in [0.1, 0.15) is 15.9 Å². The van der Waals surface area contributed by atoms with E-state index in [1.807, 2.05) is 0 Å². The zero-order valence-electron chi connectivity index (χ0n) is 8.66. The fraction of sp³-hybridized carbons (Fsp3) is 0.200. The molecule has 1 heterocycles. The van der Waals surface area contributed by atoms with Crippen molar-refractivity contribution in [3.63, 3.8) is 0 Å². The predicted molar refractivity (Wildman–Crippen MR) is 57.7 cm³/mol. The molecule has 90 valence electrons. The molecule has 7 heteroatoms. The number of carbonyl (C=O) groups is 2. The molecule has 0 aromatic heterocycles. The topological polar surface area (TPSA) is 91.8 Å². The van der Waals surface area contributed by atoms with E-state index < -0.39 is 28.4 Å². The number of rotatable bonds is 2. The van der Waals surface area contributed by atoms with E-state index in [-0.39, 0.29) is 11.3 Å². The van der Waals surface area contributed by atoms with Gasteiger partial charge in [0.15, 0.2) is 0 Å². The number of nitrogens with zero attached hydrogens (tertiary/aromatic N) is 1. The highest BCUT2D eigenvalue weighted by Crippen LogP contribution is 2.24. The molecule has 0 radical (unpaired) electrons. The molecule has 0 unspecified atom stereocenters. The Morgan fingerprint density at radius 2 is 2.00 bits per heavy atom. The minimum Gasteiger partial charge on any atom is -0.480 e. The van der Waals surface area contributed by atoms with Crippen molar-refractivity contribution >= 4 is 21.9 Å². The third-order valence-electron chi connectivity index (χ3n) is 2.43. The van der Waals surface area contributed by atoms with Gasteiger partial charge in [-0.15, -0.1) is 0 Å². The van der Waals surface area contributed by atoms with Crippen molar-refractivity contribution in [2.75, 3.05) is 6.54 Å². The van der Waals surface area contributed by atoms with Crippen LogP contribution in [0.25, 0.3) is 0 Å². The minimum atomic E-state index is -3.88. The maximum absolute atomic E-state index is 11.9. The summed E-state index contributed by atoms with van der Waals surface area (Å²) in [4.78, 5) is 22.4. The number of benzene rings is 1. The van der Waals surface area contributed by atoms with Crippen LogP contribution in [0.3, 0.4) is 0 Å². The lowest BCUT2D eigenvalue weighted by molar-refractivity contribution is -0.136. The number of hydrogen-bond donors (Lipinski definition) is 1. The van der Waals surface area contributed by atoms with Gasteiger partial charge in [-0.25, -0.2) is 12.7 Å². The number of fused-ring (bicyclic) bond motifs is 1. The van der Waals surface area contributed by atoms with Crippen molar-refractivity contribution in [1.29, 1.82) is 0 Å². The summed E-state index contributed by atoms with van der Waals surface area (Å²) >= 11 is 0. The SMILES string of the molecule is O=C(O)CN1C(=O)c2ccccc2CS1(=O)=O. The van der Waals surface area contributed by atoms with E-state index in [4.69, 9.17) is 5.11 Å². The summed E-state index contributed by atoms with van der Waals surface area (Å²) in [5.41, 5.74) is 0.641. The summed E-state index contributed by atoms with van der Waals surface area (Å²) in [5, 5.41) is 8.61. The molecule has 1 amide bonds. The van der Waals surface area contributed by atoms with Gasteiger partial charge in [-0.05, 0) is 11.6 Å². The highest BCUT2D eigenvalue weighted by Gasteiger charge is 2.36. The molecule has 6 nitrogen and oxygen atoms in total. The molecule has 1 aromatic carbocycles. The first-order valence-corrected chi connectivity index (χ1v) is 6.37. The average Bonchev–Trinajstić information content (AvgIpc) is 2.23. The molecule has 0 saturated carbocycles. The van der Waals surface area contributed by atoms with Crippen LogP contribution in [0.5, 0.6) is 0 Å². The van der Waals surface area contributed by atoms with Gasteiger partial charge >= 0.3 is 5.97 Å². The Hall–Kier alpha value is -1.89. The van der Waals surface area contributed by atoms with Crippen molar-refractivity contribution in [2.45, 2.75) is 5.75 Å². The zero-order chi connectivity index (χ0) is 12.6. The lowest BCUT2D eigenvalue weighted by Gasteiger charge is -2.26. The first kappa shape index (κ1) is 11.6. The summed E-state index contributed by atoms with van der Waals surface area (Å²) in [6.45, 7) is -0.838. The molecule has 17 heavy (non-hydrogen) atoms. The Balaban J connectivity index is 2.51. The van der Waals surface area contributed by atoms with Crippen LogP contribution in [0, 0.1) is 0 Å². The van der Waals surface area contributed by atoms with Gasteiger partial charge in [0, 0.05) is 5.56 Å². The molecule has 0 atom stereocenters. The van der Waals surface area contributed by atoms with E-state index in [2.05, 4.69) is 0 Å². The Morgan fingerprint density at radius 1 is 1.35 bits per heavy atom. The molecule has 0 saturated heterocycles. The molecule has 1 N–H and O–H groups in total. The third-order valence-corrected chi connectivity index (χ3v) is 4.07. The molecule has 1 aliphatic rings. The zero-order valence-corrected chi connectivity index (χ0v) is 9.48. The fourth-order valence-corrected chi connectivity index (χ4v) is 3.14. The van der Waals surface area contributed by atoms with Crippen molar-refractivity contribution < 1.29 is 23.1 Å². The van der Waals surface area contributed by atoms with Crippen LogP contribution >= 0.6 is 0 Å². The van der Waals surface area contributed by atoms with Crippen LogP contribution < -0.4 is 0 Å². The van der Waals surface area contributed by atoms with E-state index in [0.29, 0.717) is 9.87 Å². The van der Waals surface area contributed by atoms with Crippen molar-refractivity contribution in [2.24, 2.45) is 0 Å². The highest BCUT2D eigenvalue weighted by molar-refractivity contribution is 7.89. The number of carboxylic acid groups (broad SMARTS) is 1. The smallest absolute Gasteiger partial charge is 0.324 e. The van der Waals surface area contributed by atoms with Crippen molar-refractivity contribution in [3.05, 3.63) is 35.4 Å². The van der Waals surface area contributed by atoms with Gasteiger partial charge < -0.3 is 5.11 Å². The molecular formula is C10H9NO5S. The van der Waals surface area contributed by atoms with Gasteiger partial charge in [0.2, 0.25) is 10.0 Å². The number of hydrogen-bond acceptors (Lipinski definition) is 4. The molecular weight excluding hydrogens is 246 g/mol.